The lowest BCUT2D eigenvalue weighted by molar-refractivity contribution is 0.990. The Morgan fingerprint density at radius 3 is 1.83 bits per heavy atom. The van der Waals surface area contributed by atoms with Gasteiger partial charge in [-0.2, -0.15) is 0 Å². The van der Waals surface area contributed by atoms with E-state index in [0.29, 0.717) is 0 Å². The van der Waals surface area contributed by atoms with Crippen LogP contribution in [0.25, 0.3) is 91.8 Å². The number of hydrogen-bond donors (Lipinski definition) is 0. The number of para-hydroxylation sites is 4. The van der Waals surface area contributed by atoms with Gasteiger partial charge in [0.05, 0.1) is 21.4 Å². The van der Waals surface area contributed by atoms with E-state index in [1.807, 2.05) is 17.4 Å². The molecule has 0 spiro atoms. The largest absolute Gasteiger partial charge is 0.309 e. The number of aromatic nitrogens is 1. The zero-order valence-corrected chi connectivity index (χ0v) is 42.5. The SMILES string of the molecule is C=C/C=C(\C=C/C)C(c1cc(N(c2ccccc2)c2ccc(-c3ccccc3)cc2)c2sc3ccc(-c4cccc5c6ccccc6n(-c6ccccc6)c45)cc3c2c1)c1ccc(-c2ccccc2)c2ccccc12. The van der Waals surface area contributed by atoms with Crippen LogP contribution < -0.4 is 4.90 Å². The molecule has 13 aromatic rings. The third-order valence-corrected chi connectivity index (χ3v) is 16.0. The molecule has 2 heterocycles. The van der Waals surface area contributed by atoms with Crippen LogP contribution in [0.15, 0.2) is 291 Å². The van der Waals surface area contributed by atoms with Gasteiger partial charge in [-0.25, -0.2) is 0 Å². The maximum atomic E-state index is 4.29. The molecule has 0 amide bonds. The molecule has 11 aromatic carbocycles. The van der Waals surface area contributed by atoms with Crippen LogP contribution in [0.4, 0.5) is 17.1 Å². The van der Waals surface area contributed by atoms with E-state index in [0.717, 1.165) is 28.3 Å². The molecule has 0 bridgehead atoms. The van der Waals surface area contributed by atoms with Crippen molar-refractivity contribution in [1.82, 2.24) is 4.57 Å². The fourth-order valence-corrected chi connectivity index (χ4v) is 12.7. The summed E-state index contributed by atoms with van der Waals surface area (Å²) in [5, 5.41) is 7.37. The molecule has 2 nitrogen and oxygen atoms in total. The summed E-state index contributed by atoms with van der Waals surface area (Å²) in [4.78, 5) is 2.47. The van der Waals surface area contributed by atoms with E-state index in [4.69, 9.17) is 0 Å². The zero-order valence-electron chi connectivity index (χ0n) is 41.6. The molecule has 0 N–H and O–H groups in total. The average Bonchev–Trinajstić information content (AvgIpc) is 4.09. The van der Waals surface area contributed by atoms with Crippen LogP contribution in [0.2, 0.25) is 0 Å². The first-order valence-electron chi connectivity index (χ1n) is 25.8. The van der Waals surface area contributed by atoms with E-state index in [2.05, 4.69) is 296 Å². The molecule has 356 valence electrons. The Morgan fingerprint density at radius 1 is 0.480 bits per heavy atom. The third-order valence-electron chi connectivity index (χ3n) is 14.8. The molecule has 0 radical (unpaired) electrons. The van der Waals surface area contributed by atoms with Gasteiger partial charge in [0.25, 0.3) is 0 Å². The third kappa shape index (κ3) is 8.15. The van der Waals surface area contributed by atoms with Gasteiger partial charge >= 0.3 is 0 Å². The Kier molecular flexibility index (Phi) is 11.9. The Bertz CT molecular complexity index is 4300. The van der Waals surface area contributed by atoms with Crippen LogP contribution >= 0.6 is 11.3 Å². The lowest BCUT2D eigenvalue weighted by atomic mass is 9.80. The fourth-order valence-electron chi connectivity index (χ4n) is 11.5. The minimum Gasteiger partial charge on any atom is -0.309 e. The highest BCUT2D eigenvalue weighted by Gasteiger charge is 2.27. The molecule has 3 heteroatoms. The second-order valence-electron chi connectivity index (χ2n) is 19.2. The topological polar surface area (TPSA) is 8.17 Å². The van der Waals surface area contributed by atoms with Crippen molar-refractivity contribution < 1.29 is 0 Å². The Morgan fingerprint density at radius 2 is 1.09 bits per heavy atom. The molecule has 1 atom stereocenters. The van der Waals surface area contributed by atoms with E-state index in [9.17, 15) is 0 Å². The summed E-state index contributed by atoms with van der Waals surface area (Å²) in [5.74, 6) is -0.163. The summed E-state index contributed by atoms with van der Waals surface area (Å²) >= 11 is 1.87. The number of rotatable bonds is 12. The van der Waals surface area contributed by atoms with E-state index in [1.165, 1.54) is 97.3 Å². The van der Waals surface area contributed by atoms with Gasteiger partial charge in [-0.05, 0) is 129 Å². The number of thiophene rings is 1. The first-order valence-corrected chi connectivity index (χ1v) is 26.6. The Hall–Kier alpha value is -9.28. The predicted molar refractivity (Wildman–Crippen MR) is 324 cm³/mol. The van der Waals surface area contributed by atoms with Crippen molar-refractivity contribution in [3.8, 4) is 39.1 Å². The number of nitrogens with zero attached hydrogens (tertiary/aromatic N) is 2. The summed E-state index contributed by atoms with van der Waals surface area (Å²) in [6, 6.07) is 93.5. The highest BCUT2D eigenvalue weighted by molar-refractivity contribution is 7.26. The number of hydrogen-bond acceptors (Lipinski definition) is 2. The highest BCUT2D eigenvalue weighted by Crippen LogP contribution is 2.50. The summed E-state index contributed by atoms with van der Waals surface area (Å²) in [5.41, 5.74) is 17.6. The van der Waals surface area contributed by atoms with E-state index < -0.39 is 0 Å². The highest BCUT2D eigenvalue weighted by atomic mass is 32.1. The Labute approximate surface area is 442 Å². The number of fused-ring (bicyclic) bond motifs is 7. The number of anilines is 3. The molecule has 0 saturated heterocycles. The zero-order chi connectivity index (χ0) is 50.2. The van der Waals surface area contributed by atoms with Crippen molar-refractivity contribution in [3.05, 3.63) is 302 Å². The van der Waals surface area contributed by atoms with E-state index in [-0.39, 0.29) is 5.92 Å². The second-order valence-corrected chi connectivity index (χ2v) is 20.2. The number of allylic oxidation sites excluding steroid dienone is 5. The van der Waals surface area contributed by atoms with Crippen LogP contribution in [0.5, 0.6) is 0 Å². The molecule has 13 rings (SSSR count). The summed E-state index contributed by atoms with van der Waals surface area (Å²) in [6.07, 6.45) is 8.56. The first kappa shape index (κ1) is 45.6. The molecule has 0 aliphatic heterocycles. The van der Waals surface area contributed by atoms with Crippen molar-refractivity contribution in [1.29, 1.82) is 0 Å². The van der Waals surface area contributed by atoms with Gasteiger partial charge in [-0.15, -0.1) is 11.3 Å². The van der Waals surface area contributed by atoms with Crippen molar-refractivity contribution in [2.24, 2.45) is 0 Å². The van der Waals surface area contributed by atoms with E-state index >= 15 is 0 Å². The minimum atomic E-state index is -0.163. The summed E-state index contributed by atoms with van der Waals surface area (Å²) in [6.45, 7) is 6.40. The monoisotopic (exact) mass is 976 g/mol. The molecule has 0 aliphatic carbocycles. The van der Waals surface area contributed by atoms with Gasteiger partial charge in [-0.3, -0.25) is 0 Å². The van der Waals surface area contributed by atoms with Crippen LogP contribution in [0.3, 0.4) is 0 Å². The smallest absolute Gasteiger partial charge is 0.0643 e. The molecule has 0 fully saturated rings. The van der Waals surface area contributed by atoms with Gasteiger partial charge in [0.2, 0.25) is 0 Å². The summed E-state index contributed by atoms with van der Waals surface area (Å²) in [7, 11) is 0. The molecule has 75 heavy (non-hydrogen) atoms. The van der Waals surface area contributed by atoms with E-state index in [1.54, 1.807) is 0 Å². The lowest BCUT2D eigenvalue weighted by Gasteiger charge is -2.29. The second kappa shape index (κ2) is 19.6. The number of benzene rings is 11. The lowest BCUT2D eigenvalue weighted by Crippen LogP contribution is -2.12. The van der Waals surface area contributed by atoms with Crippen molar-refractivity contribution in [2.75, 3.05) is 4.90 Å². The van der Waals surface area contributed by atoms with Crippen LogP contribution in [0.1, 0.15) is 24.0 Å². The summed E-state index contributed by atoms with van der Waals surface area (Å²) < 4.78 is 4.90. The van der Waals surface area contributed by atoms with Crippen molar-refractivity contribution in [2.45, 2.75) is 12.8 Å². The van der Waals surface area contributed by atoms with Gasteiger partial charge < -0.3 is 9.47 Å². The van der Waals surface area contributed by atoms with Crippen molar-refractivity contribution in [3.63, 3.8) is 0 Å². The normalized spacial score (nSPS) is 12.4. The quantitative estimate of drug-likeness (QED) is 0.111. The molecule has 2 aromatic heterocycles. The average molecular weight is 977 g/mol. The molecular formula is C72H52N2S. The molecule has 0 saturated carbocycles. The fraction of sp³-hybridized carbons (Fsp3) is 0.0278. The van der Waals surface area contributed by atoms with Gasteiger partial charge in [-0.1, -0.05) is 219 Å². The van der Waals surface area contributed by atoms with Crippen LogP contribution in [0, 0.1) is 0 Å². The van der Waals surface area contributed by atoms with Crippen LogP contribution in [-0.2, 0) is 0 Å². The first-order chi connectivity index (χ1) is 37.1. The maximum absolute atomic E-state index is 4.29. The van der Waals surface area contributed by atoms with Crippen molar-refractivity contribution >= 4 is 81.1 Å². The predicted octanol–water partition coefficient (Wildman–Crippen LogP) is 20.6. The van der Waals surface area contributed by atoms with Gasteiger partial charge in [0.15, 0.2) is 0 Å². The van der Waals surface area contributed by atoms with Gasteiger partial charge in [0, 0.05) is 54.8 Å². The minimum absolute atomic E-state index is 0.163. The van der Waals surface area contributed by atoms with Crippen LogP contribution in [-0.4, -0.2) is 4.57 Å². The molecule has 1 unspecified atom stereocenters. The Balaban J connectivity index is 1.11. The standard InChI is InChI=1S/C72H52N2S/c1-3-22-52(23-4-2)70(63-44-43-58(51-26-11-6-12-27-51)60-32-17-18-33-61(60)63)54-47-66-65-46-53(59-35-21-36-64-62-34-19-20-37-67(62)74(71(59)64)56-30-15-8-16-31-56)40-45-69(65)75-72(66)68(48-54)73(55-28-13-7-14-29-55)57-41-38-50(39-42-57)49-24-9-5-10-25-49/h3-48,70H,1H2,2H3/b23-4-,52-22+. The molecular weight excluding hydrogens is 925 g/mol. The maximum Gasteiger partial charge on any atom is 0.0643 e. The molecule has 0 aliphatic rings. The van der Waals surface area contributed by atoms with Gasteiger partial charge in [0.1, 0.15) is 0 Å².